The molecule has 0 spiro atoms. The number of benzene rings is 3. The molecule has 0 radical (unpaired) electrons. The van der Waals surface area contributed by atoms with Crippen LogP contribution in [-0.2, 0) is 0 Å². The van der Waals surface area contributed by atoms with Crippen molar-refractivity contribution in [1.29, 1.82) is 0 Å². The van der Waals surface area contributed by atoms with Crippen molar-refractivity contribution < 1.29 is 0 Å². The molecule has 0 saturated carbocycles. The summed E-state index contributed by atoms with van der Waals surface area (Å²) in [6.45, 7) is 0. The summed E-state index contributed by atoms with van der Waals surface area (Å²) in [6, 6.07) is 12.7. The Morgan fingerprint density at radius 3 is 1.28 bits per heavy atom. The predicted molar refractivity (Wildman–Crippen MR) is 92.3 cm³/mol. The molecule has 0 aliphatic carbocycles. The smallest absolute Gasteiger partial charge is 0.0265 e. The Morgan fingerprint density at radius 2 is 0.889 bits per heavy atom. The number of rotatable bonds is 0. The Kier molecular flexibility index (Phi) is 3.56. The lowest BCUT2D eigenvalue weighted by Crippen LogP contribution is -1.82. The Bertz CT molecular complexity index is 711. The van der Waals surface area contributed by atoms with Gasteiger partial charge in [0.15, 0.2) is 0 Å². The zero-order valence-electron chi connectivity index (χ0n) is 8.98. The molecule has 0 atom stereocenters. The number of halogens is 4. The molecule has 0 saturated heterocycles. The minimum Gasteiger partial charge on any atom is -0.0526 e. The number of hydrogen-bond acceptors (Lipinski definition) is 0. The lowest BCUT2D eigenvalue weighted by Gasteiger charge is -2.09. The van der Waals surface area contributed by atoms with E-state index in [0.29, 0.717) is 0 Å². The van der Waals surface area contributed by atoms with Gasteiger partial charge in [0.25, 0.3) is 0 Å². The van der Waals surface area contributed by atoms with Crippen LogP contribution in [0.25, 0.3) is 21.5 Å². The third kappa shape index (κ3) is 2.17. The third-order valence-corrected chi connectivity index (χ3v) is 5.12. The maximum Gasteiger partial charge on any atom is 0.0265 e. The summed E-state index contributed by atoms with van der Waals surface area (Å²) in [7, 11) is 0. The van der Waals surface area contributed by atoms with Crippen LogP contribution in [0.5, 0.6) is 0 Å². The molecule has 90 valence electrons. The van der Waals surface area contributed by atoms with E-state index in [-0.39, 0.29) is 0 Å². The van der Waals surface area contributed by atoms with Crippen molar-refractivity contribution in [1.82, 2.24) is 0 Å². The summed E-state index contributed by atoms with van der Waals surface area (Å²) in [6.07, 6.45) is 0. The Balaban J connectivity index is 2.60. The lowest BCUT2D eigenvalue weighted by molar-refractivity contribution is 1.65. The van der Waals surface area contributed by atoms with E-state index in [1.54, 1.807) is 0 Å². The van der Waals surface area contributed by atoms with Crippen molar-refractivity contribution >= 4 is 85.3 Å². The first-order valence-corrected chi connectivity index (χ1v) is 8.40. The van der Waals surface area contributed by atoms with Crippen LogP contribution in [-0.4, -0.2) is 0 Å². The molecule has 0 heterocycles. The second-order valence-corrected chi connectivity index (χ2v) is 7.57. The molecule has 0 fully saturated rings. The van der Waals surface area contributed by atoms with E-state index >= 15 is 0 Å². The third-order valence-electron chi connectivity index (χ3n) is 2.90. The summed E-state index contributed by atoms with van der Waals surface area (Å²) in [5.74, 6) is 0. The van der Waals surface area contributed by atoms with Crippen molar-refractivity contribution in [2.24, 2.45) is 0 Å². The van der Waals surface area contributed by atoms with Crippen molar-refractivity contribution in [3.8, 4) is 0 Å². The van der Waals surface area contributed by atoms with Gasteiger partial charge in [-0.1, -0.05) is 75.9 Å². The molecule has 0 aliphatic heterocycles. The van der Waals surface area contributed by atoms with E-state index in [9.17, 15) is 0 Å². The van der Waals surface area contributed by atoms with E-state index in [4.69, 9.17) is 0 Å². The fourth-order valence-corrected chi connectivity index (χ4v) is 4.84. The van der Waals surface area contributed by atoms with E-state index in [1.807, 2.05) is 0 Å². The van der Waals surface area contributed by atoms with Gasteiger partial charge in [-0.2, -0.15) is 0 Å². The lowest BCUT2D eigenvalue weighted by atomic mass is 10.0. The first kappa shape index (κ1) is 13.1. The van der Waals surface area contributed by atoms with Gasteiger partial charge in [-0.15, -0.1) is 0 Å². The SMILES string of the molecule is Brc1cc(Br)c2ccc3c(Br)cc(Br)cc3c2c1. The van der Waals surface area contributed by atoms with Gasteiger partial charge in [0.1, 0.15) is 0 Å². The Labute approximate surface area is 138 Å². The molecule has 3 aromatic carbocycles. The quantitative estimate of drug-likeness (QED) is 0.295. The van der Waals surface area contributed by atoms with E-state index < -0.39 is 0 Å². The van der Waals surface area contributed by atoms with Crippen LogP contribution in [0, 0.1) is 0 Å². The van der Waals surface area contributed by atoms with Crippen molar-refractivity contribution in [3.05, 3.63) is 54.3 Å². The summed E-state index contributed by atoms with van der Waals surface area (Å²) in [5.41, 5.74) is 0. The van der Waals surface area contributed by atoms with Crippen molar-refractivity contribution in [2.45, 2.75) is 0 Å². The van der Waals surface area contributed by atoms with E-state index in [1.165, 1.54) is 21.5 Å². The van der Waals surface area contributed by atoms with Gasteiger partial charge < -0.3 is 0 Å². The molecule has 18 heavy (non-hydrogen) atoms. The molecule has 4 heteroatoms. The van der Waals surface area contributed by atoms with Crippen LogP contribution in [0.4, 0.5) is 0 Å². The van der Waals surface area contributed by atoms with Crippen LogP contribution < -0.4 is 0 Å². The van der Waals surface area contributed by atoms with Crippen molar-refractivity contribution in [3.63, 3.8) is 0 Å². The topological polar surface area (TPSA) is 0 Å². The van der Waals surface area contributed by atoms with Crippen molar-refractivity contribution in [2.75, 3.05) is 0 Å². The van der Waals surface area contributed by atoms with Gasteiger partial charge in [-0.25, -0.2) is 0 Å². The molecule has 0 nitrogen and oxygen atoms in total. The first-order chi connectivity index (χ1) is 8.56. The standard InChI is InChI=1S/C14H6Br4/c15-7-3-11-9(13(17)5-7)1-2-10-12(11)4-8(16)6-14(10)18/h1-6H. The average Bonchev–Trinajstić information content (AvgIpc) is 2.28. The maximum absolute atomic E-state index is 3.62. The Hall–Kier alpha value is 0.1000. The van der Waals surface area contributed by atoms with Gasteiger partial charge in [0, 0.05) is 17.9 Å². The van der Waals surface area contributed by atoms with Gasteiger partial charge in [0.2, 0.25) is 0 Å². The molecule has 3 rings (SSSR count). The normalized spacial score (nSPS) is 11.3. The molecule has 0 aliphatic rings. The van der Waals surface area contributed by atoms with Crippen LogP contribution in [0.3, 0.4) is 0 Å². The van der Waals surface area contributed by atoms with Crippen LogP contribution in [0.1, 0.15) is 0 Å². The van der Waals surface area contributed by atoms with Gasteiger partial charge in [-0.3, -0.25) is 0 Å². The molecular weight excluding hydrogens is 488 g/mol. The van der Waals surface area contributed by atoms with E-state index in [2.05, 4.69) is 100 Å². The highest BCUT2D eigenvalue weighted by molar-refractivity contribution is 9.11. The first-order valence-electron chi connectivity index (χ1n) is 5.23. The molecule has 0 amide bonds. The second kappa shape index (κ2) is 4.89. The number of hydrogen-bond donors (Lipinski definition) is 0. The highest BCUT2D eigenvalue weighted by Crippen LogP contribution is 2.37. The fourth-order valence-electron chi connectivity index (χ4n) is 2.12. The largest absolute Gasteiger partial charge is 0.0526 e. The fraction of sp³-hybridized carbons (Fsp3) is 0. The summed E-state index contributed by atoms with van der Waals surface area (Å²) >= 11 is 14.3. The average molecular weight is 494 g/mol. The van der Waals surface area contributed by atoms with Gasteiger partial charge in [-0.05, 0) is 45.8 Å². The summed E-state index contributed by atoms with van der Waals surface area (Å²) in [5, 5.41) is 4.90. The van der Waals surface area contributed by atoms with Gasteiger partial charge >= 0.3 is 0 Å². The van der Waals surface area contributed by atoms with Crippen LogP contribution in [0.2, 0.25) is 0 Å². The molecule has 3 aromatic rings. The van der Waals surface area contributed by atoms with Crippen LogP contribution in [0.15, 0.2) is 54.3 Å². The van der Waals surface area contributed by atoms with Gasteiger partial charge in [0.05, 0.1) is 0 Å². The zero-order chi connectivity index (χ0) is 12.9. The molecular formula is C14H6Br4. The minimum absolute atomic E-state index is 1.07. The summed E-state index contributed by atoms with van der Waals surface area (Å²) < 4.78 is 4.35. The maximum atomic E-state index is 3.62. The van der Waals surface area contributed by atoms with Crippen LogP contribution >= 0.6 is 63.7 Å². The molecule has 0 N–H and O–H groups in total. The minimum atomic E-state index is 1.07. The zero-order valence-corrected chi connectivity index (χ0v) is 15.3. The monoisotopic (exact) mass is 490 g/mol. The molecule has 0 bridgehead atoms. The highest BCUT2D eigenvalue weighted by Gasteiger charge is 2.08. The highest BCUT2D eigenvalue weighted by atomic mass is 79.9. The molecule has 0 unspecified atom stereocenters. The second-order valence-electron chi connectivity index (χ2n) is 4.03. The summed E-state index contributed by atoms with van der Waals surface area (Å²) in [4.78, 5) is 0. The number of fused-ring (bicyclic) bond motifs is 3. The molecule has 0 aromatic heterocycles. The van der Waals surface area contributed by atoms with E-state index in [0.717, 1.165) is 17.9 Å². The predicted octanol–water partition coefficient (Wildman–Crippen LogP) is 7.04. The Morgan fingerprint density at radius 1 is 0.500 bits per heavy atom.